The number of esters is 1. The average molecular weight is 336 g/mol. The van der Waals surface area contributed by atoms with E-state index < -0.39 is 17.0 Å². The van der Waals surface area contributed by atoms with Gasteiger partial charge in [0.25, 0.3) is 5.69 Å². The van der Waals surface area contributed by atoms with Gasteiger partial charge in [-0.2, -0.15) is 0 Å². The molecule has 1 rings (SSSR count). The molecule has 0 unspecified atom stereocenters. The minimum absolute atomic E-state index is 0.160. The maximum absolute atomic E-state index is 11.6. The van der Waals surface area contributed by atoms with E-state index in [2.05, 4.69) is 5.32 Å². The van der Waals surface area contributed by atoms with Crippen LogP contribution in [0.5, 0.6) is 0 Å². The zero-order valence-corrected chi connectivity index (χ0v) is 13.8. The van der Waals surface area contributed by atoms with Crippen molar-refractivity contribution in [1.82, 2.24) is 0 Å². The maximum atomic E-state index is 11.6. The zero-order valence-electron chi connectivity index (χ0n) is 13.8. The number of amides is 1. The van der Waals surface area contributed by atoms with Crippen LogP contribution in [0.2, 0.25) is 0 Å². The van der Waals surface area contributed by atoms with E-state index in [0.29, 0.717) is 5.56 Å². The summed E-state index contributed by atoms with van der Waals surface area (Å²) in [6.07, 6.45) is 1.86. The van der Waals surface area contributed by atoms with Crippen LogP contribution in [-0.2, 0) is 14.3 Å². The highest BCUT2D eigenvalue weighted by Gasteiger charge is 2.12. The van der Waals surface area contributed by atoms with E-state index >= 15 is 0 Å². The molecule has 1 amide bonds. The molecule has 1 N–H and O–H groups in total. The van der Waals surface area contributed by atoms with Gasteiger partial charge in [0.15, 0.2) is 0 Å². The normalized spacial score (nSPS) is 10.7. The Morgan fingerprint density at radius 3 is 2.62 bits per heavy atom. The SMILES string of the molecule is CCOC(=O)Nc1cc([N+](=O)[O-])ccc1/C=C/C(=O)OCC(C)C. The van der Waals surface area contributed by atoms with E-state index in [1.54, 1.807) is 6.92 Å². The van der Waals surface area contributed by atoms with Gasteiger partial charge in [-0.25, -0.2) is 9.59 Å². The molecule has 0 spiro atoms. The summed E-state index contributed by atoms with van der Waals surface area (Å²) in [6.45, 7) is 5.91. The van der Waals surface area contributed by atoms with Crippen molar-refractivity contribution < 1.29 is 24.0 Å². The first-order valence-electron chi connectivity index (χ1n) is 7.40. The summed E-state index contributed by atoms with van der Waals surface area (Å²) in [5, 5.41) is 13.3. The van der Waals surface area contributed by atoms with Crippen LogP contribution in [-0.4, -0.2) is 30.2 Å². The third-order valence-corrected chi connectivity index (χ3v) is 2.72. The van der Waals surface area contributed by atoms with Crippen LogP contribution in [0.1, 0.15) is 26.3 Å². The van der Waals surface area contributed by atoms with Gasteiger partial charge in [0.05, 0.1) is 23.8 Å². The Kier molecular flexibility index (Phi) is 7.41. The number of hydrogen-bond acceptors (Lipinski definition) is 6. The molecular formula is C16H20N2O6. The molecule has 130 valence electrons. The molecule has 0 saturated heterocycles. The second-order valence-electron chi connectivity index (χ2n) is 5.23. The highest BCUT2D eigenvalue weighted by atomic mass is 16.6. The van der Waals surface area contributed by atoms with Crippen molar-refractivity contribution >= 4 is 29.5 Å². The largest absolute Gasteiger partial charge is 0.462 e. The Morgan fingerprint density at radius 1 is 1.33 bits per heavy atom. The number of rotatable bonds is 7. The number of nitro benzene ring substituents is 1. The van der Waals surface area contributed by atoms with Crippen molar-refractivity contribution in [1.29, 1.82) is 0 Å². The molecular weight excluding hydrogens is 316 g/mol. The number of hydrogen-bond donors (Lipinski definition) is 1. The lowest BCUT2D eigenvalue weighted by molar-refractivity contribution is -0.384. The summed E-state index contributed by atoms with van der Waals surface area (Å²) in [5.41, 5.74) is 0.382. The lowest BCUT2D eigenvalue weighted by atomic mass is 10.1. The van der Waals surface area contributed by atoms with E-state index in [-0.39, 0.29) is 30.5 Å². The number of nitrogens with zero attached hydrogens (tertiary/aromatic N) is 1. The molecule has 0 aliphatic carbocycles. The Bertz CT molecular complexity index is 639. The fourth-order valence-corrected chi connectivity index (χ4v) is 1.64. The highest BCUT2D eigenvalue weighted by Crippen LogP contribution is 2.24. The lowest BCUT2D eigenvalue weighted by Crippen LogP contribution is -2.14. The van der Waals surface area contributed by atoms with Gasteiger partial charge in [-0.1, -0.05) is 13.8 Å². The number of nitrogens with one attached hydrogen (secondary N) is 1. The van der Waals surface area contributed by atoms with Crippen molar-refractivity contribution in [2.75, 3.05) is 18.5 Å². The van der Waals surface area contributed by atoms with Crippen LogP contribution < -0.4 is 5.32 Å². The molecule has 0 bridgehead atoms. The molecule has 0 radical (unpaired) electrons. The quantitative estimate of drug-likeness (QED) is 0.354. The van der Waals surface area contributed by atoms with Crippen LogP contribution >= 0.6 is 0 Å². The number of anilines is 1. The molecule has 24 heavy (non-hydrogen) atoms. The summed E-state index contributed by atoms with van der Waals surface area (Å²) in [5.74, 6) is -0.327. The van der Waals surface area contributed by atoms with Crippen LogP contribution in [0, 0.1) is 16.0 Å². The van der Waals surface area contributed by atoms with E-state index in [9.17, 15) is 19.7 Å². The molecule has 8 nitrogen and oxygen atoms in total. The van der Waals surface area contributed by atoms with Gasteiger partial charge >= 0.3 is 12.1 Å². The third-order valence-electron chi connectivity index (χ3n) is 2.72. The van der Waals surface area contributed by atoms with E-state index in [1.807, 2.05) is 13.8 Å². The molecule has 0 atom stereocenters. The summed E-state index contributed by atoms with van der Waals surface area (Å²) in [4.78, 5) is 33.4. The highest BCUT2D eigenvalue weighted by molar-refractivity contribution is 5.92. The van der Waals surface area contributed by atoms with Gasteiger partial charge in [0.2, 0.25) is 0 Å². The fourth-order valence-electron chi connectivity index (χ4n) is 1.64. The Morgan fingerprint density at radius 2 is 2.04 bits per heavy atom. The third kappa shape index (κ3) is 6.47. The van der Waals surface area contributed by atoms with Crippen LogP contribution in [0.15, 0.2) is 24.3 Å². The maximum Gasteiger partial charge on any atom is 0.411 e. The first-order valence-corrected chi connectivity index (χ1v) is 7.40. The Hall–Kier alpha value is -2.90. The predicted octanol–water partition coefficient (Wildman–Crippen LogP) is 3.38. The first kappa shape index (κ1) is 19.1. The van der Waals surface area contributed by atoms with Gasteiger partial charge in [-0.05, 0) is 30.5 Å². The van der Waals surface area contributed by atoms with Gasteiger partial charge in [0.1, 0.15) is 0 Å². The van der Waals surface area contributed by atoms with Gasteiger partial charge < -0.3 is 9.47 Å². The second-order valence-corrected chi connectivity index (χ2v) is 5.23. The molecule has 8 heteroatoms. The number of nitro groups is 1. The standard InChI is InChI=1S/C16H20N2O6/c1-4-23-16(20)17-14-9-13(18(21)22)7-5-12(14)6-8-15(19)24-10-11(2)3/h5-9,11H,4,10H2,1-3H3,(H,17,20)/b8-6+. The minimum atomic E-state index is -0.741. The van der Waals surface area contributed by atoms with Crippen molar-refractivity contribution in [2.45, 2.75) is 20.8 Å². The number of non-ortho nitro benzene ring substituents is 1. The average Bonchev–Trinajstić information content (AvgIpc) is 2.51. The molecule has 0 saturated carbocycles. The van der Waals surface area contributed by atoms with E-state index in [4.69, 9.17) is 9.47 Å². The first-order chi connectivity index (χ1) is 11.3. The molecule has 1 aromatic rings. The molecule has 0 aliphatic heterocycles. The molecule has 1 aromatic carbocycles. The van der Waals surface area contributed by atoms with Crippen molar-refractivity contribution in [3.63, 3.8) is 0 Å². The van der Waals surface area contributed by atoms with Crippen LogP contribution in [0.3, 0.4) is 0 Å². The van der Waals surface area contributed by atoms with E-state index in [1.165, 1.54) is 30.4 Å². The molecule has 0 fully saturated rings. The number of carbonyl (C=O) groups excluding carboxylic acids is 2. The van der Waals surface area contributed by atoms with Crippen molar-refractivity contribution in [3.8, 4) is 0 Å². The Labute approximate surface area is 139 Å². The van der Waals surface area contributed by atoms with Gasteiger partial charge in [-0.3, -0.25) is 15.4 Å². The van der Waals surface area contributed by atoms with Gasteiger partial charge in [0, 0.05) is 18.2 Å². The van der Waals surface area contributed by atoms with Crippen LogP contribution in [0.4, 0.5) is 16.2 Å². The Balaban J connectivity index is 2.97. The second kappa shape index (κ2) is 9.29. The number of ether oxygens (including phenoxy) is 2. The van der Waals surface area contributed by atoms with Crippen molar-refractivity contribution in [2.24, 2.45) is 5.92 Å². The van der Waals surface area contributed by atoms with Gasteiger partial charge in [-0.15, -0.1) is 0 Å². The molecule has 0 aromatic heterocycles. The van der Waals surface area contributed by atoms with Crippen molar-refractivity contribution in [3.05, 3.63) is 40.0 Å². The number of benzene rings is 1. The monoisotopic (exact) mass is 336 g/mol. The fraction of sp³-hybridized carbons (Fsp3) is 0.375. The minimum Gasteiger partial charge on any atom is -0.462 e. The summed E-state index contributed by atoms with van der Waals surface area (Å²) < 4.78 is 9.76. The summed E-state index contributed by atoms with van der Waals surface area (Å²) in [6, 6.07) is 3.89. The van der Waals surface area contributed by atoms with Crippen LogP contribution in [0.25, 0.3) is 6.08 Å². The predicted molar refractivity (Wildman–Crippen MR) is 88.6 cm³/mol. The summed E-state index contributed by atoms with van der Waals surface area (Å²) >= 11 is 0. The zero-order chi connectivity index (χ0) is 18.1. The number of carbonyl (C=O) groups is 2. The lowest BCUT2D eigenvalue weighted by Gasteiger charge is -2.08. The molecule has 0 heterocycles. The summed E-state index contributed by atoms with van der Waals surface area (Å²) in [7, 11) is 0. The smallest absolute Gasteiger partial charge is 0.411 e. The van der Waals surface area contributed by atoms with E-state index in [0.717, 1.165) is 0 Å². The topological polar surface area (TPSA) is 108 Å². The molecule has 0 aliphatic rings.